The van der Waals surface area contributed by atoms with E-state index in [-0.39, 0.29) is 23.9 Å². The van der Waals surface area contributed by atoms with E-state index in [1.54, 1.807) is 6.07 Å². The molecule has 23 heavy (non-hydrogen) atoms. The number of fused-ring (bicyclic) bond motifs is 1. The predicted molar refractivity (Wildman–Crippen MR) is 88.5 cm³/mol. The van der Waals surface area contributed by atoms with Gasteiger partial charge in [-0.05, 0) is 44.2 Å². The van der Waals surface area contributed by atoms with Crippen LogP contribution in [0.4, 0.5) is 0 Å². The van der Waals surface area contributed by atoms with E-state index in [2.05, 4.69) is 0 Å². The highest BCUT2D eigenvalue weighted by Crippen LogP contribution is 2.42. The first-order chi connectivity index (χ1) is 11.0. The van der Waals surface area contributed by atoms with Gasteiger partial charge in [-0.2, -0.15) is 0 Å². The van der Waals surface area contributed by atoms with Crippen molar-refractivity contribution >= 4 is 11.9 Å². The average Bonchev–Trinajstić information content (AvgIpc) is 2.54. The molecule has 1 fully saturated rings. The first-order valence-corrected chi connectivity index (χ1v) is 8.66. The maximum atomic E-state index is 13.0. The Bertz CT molecular complexity index is 604. The van der Waals surface area contributed by atoms with Gasteiger partial charge in [-0.15, -0.1) is 0 Å². The van der Waals surface area contributed by atoms with Crippen LogP contribution in [0.2, 0.25) is 0 Å². The van der Waals surface area contributed by atoms with Gasteiger partial charge in [0.25, 0.3) is 5.91 Å². The topological polar surface area (TPSA) is 57.6 Å². The van der Waals surface area contributed by atoms with Crippen molar-refractivity contribution in [2.45, 2.75) is 64.0 Å². The van der Waals surface area contributed by atoms with Crippen LogP contribution in [0.25, 0.3) is 0 Å². The molecular formula is C19H25NO3. The van der Waals surface area contributed by atoms with Gasteiger partial charge in [-0.3, -0.25) is 9.59 Å². The number of carboxylic acid groups (broad SMARTS) is 1. The number of benzene rings is 1. The van der Waals surface area contributed by atoms with Crippen LogP contribution in [0.3, 0.4) is 0 Å². The molecule has 1 saturated carbocycles. The Morgan fingerprint density at radius 2 is 1.83 bits per heavy atom. The minimum absolute atomic E-state index is 0.00429. The van der Waals surface area contributed by atoms with Crippen LogP contribution >= 0.6 is 0 Å². The molecule has 2 unspecified atom stereocenters. The highest BCUT2D eigenvalue weighted by Gasteiger charge is 2.47. The summed E-state index contributed by atoms with van der Waals surface area (Å²) < 4.78 is 0. The summed E-state index contributed by atoms with van der Waals surface area (Å²) in [5, 5.41) is 9.93. The van der Waals surface area contributed by atoms with Crippen LogP contribution in [0.5, 0.6) is 0 Å². The minimum atomic E-state index is -0.814. The molecule has 2 atom stereocenters. The summed E-state index contributed by atoms with van der Waals surface area (Å²) in [5.41, 5.74) is 1.25. The molecule has 1 aromatic carbocycles. The Hall–Kier alpha value is -1.84. The van der Waals surface area contributed by atoms with E-state index in [1.807, 2.05) is 36.9 Å². The number of carboxylic acids is 1. The molecule has 4 heteroatoms. The number of aliphatic carboxylic acids is 1. The van der Waals surface area contributed by atoms with Crippen molar-refractivity contribution in [2.75, 3.05) is 0 Å². The zero-order chi connectivity index (χ0) is 16.6. The third-order valence-corrected chi connectivity index (χ3v) is 5.38. The molecule has 0 bridgehead atoms. The monoisotopic (exact) mass is 315 g/mol. The van der Waals surface area contributed by atoms with Gasteiger partial charge < -0.3 is 10.0 Å². The molecule has 2 aliphatic rings. The molecule has 1 heterocycles. The lowest BCUT2D eigenvalue weighted by Gasteiger charge is -2.47. The summed E-state index contributed by atoms with van der Waals surface area (Å²) in [5.74, 6) is -1.16. The second-order valence-corrected chi connectivity index (χ2v) is 7.10. The van der Waals surface area contributed by atoms with Gasteiger partial charge in [0.05, 0.1) is 6.04 Å². The van der Waals surface area contributed by atoms with E-state index in [0.29, 0.717) is 11.1 Å². The number of hydrogen-bond donors (Lipinski definition) is 1. The summed E-state index contributed by atoms with van der Waals surface area (Å²) in [6, 6.07) is 7.01. The van der Waals surface area contributed by atoms with Gasteiger partial charge in [-0.25, -0.2) is 0 Å². The molecule has 1 aromatic rings. The fourth-order valence-electron chi connectivity index (χ4n) is 4.41. The van der Waals surface area contributed by atoms with E-state index in [0.717, 1.165) is 25.7 Å². The zero-order valence-electron chi connectivity index (χ0n) is 13.9. The maximum absolute atomic E-state index is 13.0. The average molecular weight is 315 g/mol. The molecule has 1 amide bonds. The van der Waals surface area contributed by atoms with E-state index >= 15 is 0 Å². The standard InChI is InChI=1S/C19H25NO3/c1-12(2)20-17(13-8-4-3-5-9-13)16(19(22)23)14-10-6-7-11-15(14)18(20)21/h6-7,10-13,16-17H,3-5,8-9H2,1-2H3,(H,22,23). The van der Waals surface area contributed by atoms with Crippen molar-refractivity contribution in [3.05, 3.63) is 35.4 Å². The molecule has 1 aliphatic heterocycles. The summed E-state index contributed by atoms with van der Waals surface area (Å²) in [6.45, 7) is 3.97. The molecule has 4 nitrogen and oxygen atoms in total. The largest absolute Gasteiger partial charge is 0.481 e. The summed E-state index contributed by atoms with van der Waals surface area (Å²) in [4.78, 5) is 27.0. The molecule has 124 valence electrons. The highest BCUT2D eigenvalue weighted by molar-refractivity contribution is 6.00. The van der Waals surface area contributed by atoms with E-state index < -0.39 is 11.9 Å². The fourth-order valence-corrected chi connectivity index (χ4v) is 4.41. The first-order valence-electron chi connectivity index (χ1n) is 8.66. The van der Waals surface area contributed by atoms with Gasteiger partial charge >= 0.3 is 5.97 Å². The van der Waals surface area contributed by atoms with E-state index in [1.165, 1.54) is 6.42 Å². The number of carbonyl (C=O) groups excluding carboxylic acids is 1. The Morgan fingerprint density at radius 3 is 2.43 bits per heavy atom. The molecule has 0 saturated heterocycles. The van der Waals surface area contributed by atoms with Crippen molar-refractivity contribution < 1.29 is 14.7 Å². The Morgan fingerprint density at radius 1 is 1.17 bits per heavy atom. The molecule has 1 N–H and O–H groups in total. The van der Waals surface area contributed by atoms with Gasteiger partial charge in [0.15, 0.2) is 0 Å². The highest BCUT2D eigenvalue weighted by atomic mass is 16.4. The molecular weight excluding hydrogens is 290 g/mol. The SMILES string of the molecule is CC(C)N1C(=O)c2ccccc2C(C(=O)O)C1C1CCCCC1. The summed E-state index contributed by atoms with van der Waals surface area (Å²) in [7, 11) is 0. The van der Waals surface area contributed by atoms with Crippen molar-refractivity contribution in [1.29, 1.82) is 0 Å². The number of carbonyl (C=O) groups is 2. The Labute approximate surface area is 137 Å². The molecule has 1 aliphatic carbocycles. The predicted octanol–water partition coefficient (Wildman–Crippen LogP) is 3.67. The van der Waals surface area contributed by atoms with Crippen LogP contribution < -0.4 is 0 Å². The number of amides is 1. The van der Waals surface area contributed by atoms with Crippen LogP contribution in [-0.2, 0) is 4.79 Å². The van der Waals surface area contributed by atoms with Gasteiger partial charge in [0.2, 0.25) is 0 Å². The summed E-state index contributed by atoms with van der Waals surface area (Å²) >= 11 is 0. The molecule has 3 rings (SSSR count). The minimum Gasteiger partial charge on any atom is -0.481 e. The summed E-state index contributed by atoms with van der Waals surface area (Å²) in [6.07, 6.45) is 5.53. The van der Waals surface area contributed by atoms with Crippen LogP contribution in [0.15, 0.2) is 24.3 Å². The normalized spacial score (nSPS) is 25.5. The lowest BCUT2D eigenvalue weighted by atomic mass is 9.72. The lowest BCUT2D eigenvalue weighted by molar-refractivity contribution is -0.141. The Kier molecular flexibility index (Phi) is 4.42. The lowest BCUT2D eigenvalue weighted by Crippen LogP contribution is -2.56. The molecule has 0 radical (unpaired) electrons. The first kappa shape index (κ1) is 16.0. The Balaban J connectivity index is 2.12. The quantitative estimate of drug-likeness (QED) is 0.926. The third-order valence-electron chi connectivity index (χ3n) is 5.38. The molecule has 0 spiro atoms. The third kappa shape index (κ3) is 2.75. The number of hydrogen-bond acceptors (Lipinski definition) is 2. The van der Waals surface area contributed by atoms with Crippen molar-refractivity contribution in [1.82, 2.24) is 4.90 Å². The number of nitrogens with zero attached hydrogens (tertiary/aromatic N) is 1. The van der Waals surface area contributed by atoms with Gasteiger partial charge in [0.1, 0.15) is 5.92 Å². The van der Waals surface area contributed by atoms with Crippen LogP contribution in [0, 0.1) is 5.92 Å². The van der Waals surface area contributed by atoms with Crippen LogP contribution in [-0.4, -0.2) is 34.0 Å². The van der Waals surface area contributed by atoms with Crippen molar-refractivity contribution in [3.8, 4) is 0 Å². The smallest absolute Gasteiger partial charge is 0.313 e. The van der Waals surface area contributed by atoms with E-state index in [4.69, 9.17) is 0 Å². The number of rotatable bonds is 3. The van der Waals surface area contributed by atoms with E-state index in [9.17, 15) is 14.7 Å². The van der Waals surface area contributed by atoms with Crippen LogP contribution in [0.1, 0.15) is 67.8 Å². The zero-order valence-corrected chi connectivity index (χ0v) is 13.9. The second kappa shape index (κ2) is 6.34. The van der Waals surface area contributed by atoms with Gasteiger partial charge in [-0.1, -0.05) is 37.5 Å². The second-order valence-electron chi connectivity index (χ2n) is 7.10. The molecule has 0 aromatic heterocycles. The maximum Gasteiger partial charge on any atom is 0.313 e. The van der Waals surface area contributed by atoms with Crippen molar-refractivity contribution in [2.24, 2.45) is 5.92 Å². The fraction of sp³-hybridized carbons (Fsp3) is 0.579. The van der Waals surface area contributed by atoms with Crippen molar-refractivity contribution in [3.63, 3.8) is 0 Å². The van der Waals surface area contributed by atoms with Gasteiger partial charge in [0, 0.05) is 11.6 Å².